The second kappa shape index (κ2) is 10.4. The van der Waals surface area contributed by atoms with Crippen LogP contribution in [0, 0.1) is 0 Å². The second-order valence-corrected chi connectivity index (χ2v) is 6.67. The van der Waals surface area contributed by atoms with E-state index in [1.165, 1.54) is 11.8 Å². The number of H-pyrrole nitrogens is 1. The van der Waals surface area contributed by atoms with E-state index < -0.39 is 5.97 Å². The van der Waals surface area contributed by atoms with Gasteiger partial charge in [-0.15, -0.1) is 0 Å². The van der Waals surface area contributed by atoms with Gasteiger partial charge in [-0.2, -0.15) is 5.10 Å². The Labute approximate surface area is 169 Å². The van der Waals surface area contributed by atoms with Crippen LogP contribution in [0.3, 0.4) is 0 Å². The Morgan fingerprint density at radius 3 is 2.86 bits per heavy atom. The number of esters is 1. The number of benzene rings is 1. The summed E-state index contributed by atoms with van der Waals surface area (Å²) >= 11 is 0. The molecule has 1 aromatic heterocycles. The Hall–Kier alpha value is -3.20. The van der Waals surface area contributed by atoms with Gasteiger partial charge in [0.05, 0.1) is 12.3 Å². The Morgan fingerprint density at radius 1 is 1.31 bits per heavy atom. The highest BCUT2D eigenvalue weighted by molar-refractivity contribution is 6.44. The Morgan fingerprint density at radius 2 is 2.14 bits per heavy atom. The van der Waals surface area contributed by atoms with Gasteiger partial charge in [0.1, 0.15) is 0 Å². The largest absolute Gasteiger partial charge is 0.463 e. The molecule has 1 unspecified atom stereocenters. The van der Waals surface area contributed by atoms with Crippen molar-refractivity contribution in [3.8, 4) is 0 Å². The summed E-state index contributed by atoms with van der Waals surface area (Å²) in [6.45, 7) is 4.08. The van der Waals surface area contributed by atoms with Gasteiger partial charge >= 0.3 is 5.97 Å². The molecular formula is C20H25N5O4. The number of carbonyl (C=O) groups is 2. The van der Waals surface area contributed by atoms with E-state index >= 15 is 0 Å². The third kappa shape index (κ3) is 6.15. The zero-order valence-corrected chi connectivity index (χ0v) is 16.3. The monoisotopic (exact) mass is 399 g/mol. The van der Waals surface area contributed by atoms with Crippen molar-refractivity contribution in [2.75, 3.05) is 26.3 Å². The summed E-state index contributed by atoms with van der Waals surface area (Å²) in [5.41, 5.74) is 1.69. The number of nitrogens with one attached hydrogen (secondary N) is 2. The van der Waals surface area contributed by atoms with Crippen LogP contribution in [-0.2, 0) is 25.7 Å². The predicted octanol–water partition coefficient (Wildman–Crippen LogP) is 1.08. The molecule has 1 saturated heterocycles. The van der Waals surface area contributed by atoms with Gasteiger partial charge in [-0.1, -0.05) is 35.5 Å². The van der Waals surface area contributed by atoms with Gasteiger partial charge in [0.15, 0.2) is 5.71 Å². The van der Waals surface area contributed by atoms with Crippen LogP contribution in [0.1, 0.15) is 24.6 Å². The number of ether oxygens (including phenoxy) is 1. The lowest BCUT2D eigenvalue weighted by Crippen LogP contribution is -2.41. The lowest BCUT2D eigenvalue weighted by atomic mass is 10.2. The number of aromatic nitrogens is 2. The van der Waals surface area contributed by atoms with Crippen molar-refractivity contribution in [2.24, 2.45) is 5.16 Å². The highest BCUT2D eigenvalue weighted by Crippen LogP contribution is 2.13. The first-order valence-corrected chi connectivity index (χ1v) is 9.58. The molecule has 0 saturated carbocycles. The number of hydrogen-bond acceptors (Lipinski definition) is 7. The van der Waals surface area contributed by atoms with Gasteiger partial charge in [-0.3, -0.25) is 14.8 Å². The van der Waals surface area contributed by atoms with E-state index in [0.717, 1.165) is 26.1 Å². The van der Waals surface area contributed by atoms with Crippen molar-refractivity contribution in [2.45, 2.75) is 25.9 Å². The van der Waals surface area contributed by atoms with Crippen molar-refractivity contribution in [3.05, 3.63) is 53.9 Å². The van der Waals surface area contributed by atoms with Crippen LogP contribution >= 0.6 is 0 Å². The van der Waals surface area contributed by atoms with E-state index in [1.807, 2.05) is 18.2 Å². The summed E-state index contributed by atoms with van der Waals surface area (Å²) < 4.78 is 4.78. The number of carbonyl (C=O) groups excluding carboxylic acids is 2. The Kier molecular flexibility index (Phi) is 7.34. The molecule has 0 aliphatic carbocycles. The molecular weight excluding hydrogens is 374 g/mol. The van der Waals surface area contributed by atoms with Gasteiger partial charge in [0, 0.05) is 31.9 Å². The molecule has 0 radical (unpaired) electrons. The van der Waals surface area contributed by atoms with Crippen molar-refractivity contribution >= 4 is 17.6 Å². The number of likely N-dealkylation sites (tertiary alicyclic amines) is 1. The molecule has 2 N–H and O–H groups in total. The lowest BCUT2D eigenvalue weighted by molar-refractivity contribution is -0.148. The quantitative estimate of drug-likeness (QED) is 0.371. The fourth-order valence-electron chi connectivity index (χ4n) is 3.14. The molecule has 154 valence electrons. The molecule has 1 aliphatic rings. The topological polar surface area (TPSA) is 109 Å². The molecule has 1 aliphatic heterocycles. The van der Waals surface area contributed by atoms with Crippen molar-refractivity contribution < 1.29 is 19.2 Å². The van der Waals surface area contributed by atoms with E-state index in [4.69, 9.17) is 9.57 Å². The molecule has 2 aromatic rings. The van der Waals surface area contributed by atoms with Gasteiger partial charge < -0.3 is 14.9 Å². The maximum absolute atomic E-state index is 12.8. The van der Waals surface area contributed by atoms with E-state index in [0.29, 0.717) is 5.69 Å². The zero-order valence-electron chi connectivity index (χ0n) is 16.3. The predicted molar refractivity (Wildman–Crippen MR) is 106 cm³/mol. The normalized spacial score (nSPS) is 17.1. The van der Waals surface area contributed by atoms with E-state index in [2.05, 4.69) is 37.7 Å². The number of oxime groups is 1. The summed E-state index contributed by atoms with van der Waals surface area (Å²) in [6.07, 6.45) is 2.36. The van der Waals surface area contributed by atoms with Crippen LogP contribution in [0.2, 0.25) is 0 Å². The molecule has 0 bridgehead atoms. The first kappa shape index (κ1) is 20.5. The Balaban J connectivity index is 1.56. The molecule has 1 fully saturated rings. The molecule has 1 amide bonds. The van der Waals surface area contributed by atoms with Crippen LogP contribution < -0.4 is 5.32 Å². The fraction of sp³-hybridized carbons (Fsp3) is 0.400. The van der Waals surface area contributed by atoms with Crippen LogP contribution in [0.25, 0.3) is 0 Å². The second-order valence-electron chi connectivity index (χ2n) is 6.67. The standard InChI is InChI=1S/C20H25N5O4/c1-2-28-18(26)14-29-24-19(17-8-10-21-23-17)20(27)22-16-9-11-25(13-16)12-15-6-4-3-5-7-15/h3-8,10,16H,2,9,11-14H2,1H3,(H,21,23)(H,22,27). The summed E-state index contributed by atoms with van der Waals surface area (Å²) in [6, 6.07) is 11.8. The van der Waals surface area contributed by atoms with Crippen LogP contribution in [0.15, 0.2) is 47.8 Å². The van der Waals surface area contributed by atoms with Gasteiger partial charge in [-0.05, 0) is 25.0 Å². The van der Waals surface area contributed by atoms with E-state index in [-0.39, 0.29) is 30.9 Å². The first-order chi connectivity index (χ1) is 14.2. The highest BCUT2D eigenvalue weighted by atomic mass is 16.7. The minimum atomic E-state index is -0.548. The first-order valence-electron chi connectivity index (χ1n) is 9.58. The average Bonchev–Trinajstić information content (AvgIpc) is 3.39. The van der Waals surface area contributed by atoms with Gasteiger partial charge in [-0.25, -0.2) is 4.79 Å². The average molecular weight is 399 g/mol. The van der Waals surface area contributed by atoms with Gasteiger partial charge in [0.25, 0.3) is 5.91 Å². The van der Waals surface area contributed by atoms with Crippen molar-refractivity contribution in [1.29, 1.82) is 0 Å². The molecule has 29 heavy (non-hydrogen) atoms. The van der Waals surface area contributed by atoms with Crippen molar-refractivity contribution in [1.82, 2.24) is 20.4 Å². The van der Waals surface area contributed by atoms with Crippen LogP contribution in [-0.4, -0.2) is 65.0 Å². The molecule has 0 spiro atoms. The number of rotatable bonds is 9. The summed E-state index contributed by atoms with van der Waals surface area (Å²) in [7, 11) is 0. The lowest BCUT2D eigenvalue weighted by Gasteiger charge is -2.17. The van der Waals surface area contributed by atoms with E-state index in [9.17, 15) is 9.59 Å². The number of hydrogen-bond donors (Lipinski definition) is 2. The zero-order chi connectivity index (χ0) is 20.5. The molecule has 1 atom stereocenters. The summed E-state index contributed by atoms with van der Waals surface area (Å²) in [4.78, 5) is 31.5. The molecule has 3 rings (SSSR count). The number of amides is 1. The van der Waals surface area contributed by atoms with Gasteiger partial charge in [0.2, 0.25) is 6.61 Å². The summed E-state index contributed by atoms with van der Waals surface area (Å²) in [5, 5.41) is 13.4. The SMILES string of the molecule is CCOC(=O)CON=C(C(=O)NC1CCN(Cc2ccccc2)C1)c1ccn[nH]1. The molecule has 2 heterocycles. The minimum absolute atomic E-state index is 0.00407. The molecule has 1 aromatic carbocycles. The fourth-order valence-corrected chi connectivity index (χ4v) is 3.14. The maximum atomic E-state index is 12.8. The van der Waals surface area contributed by atoms with E-state index in [1.54, 1.807) is 13.0 Å². The third-order valence-electron chi connectivity index (χ3n) is 4.47. The number of aromatic amines is 1. The highest BCUT2D eigenvalue weighted by Gasteiger charge is 2.26. The summed E-state index contributed by atoms with van der Waals surface area (Å²) in [5.74, 6) is -0.933. The van der Waals surface area contributed by atoms with Crippen molar-refractivity contribution in [3.63, 3.8) is 0 Å². The van der Waals surface area contributed by atoms with Crippen LogP contribution in [0.4, 0.5) is 0 Å². The van der Waals surface area contributed by atoms with Crippen LogP contribution in [0.5, 0.6) is 0 Å². The maximum Gasteiger partial charge on any atom is 0.347 e. The smallest absolute Gasteiger partial charge is 0.347 e. The molecule has 9 heteroatoms. The number of nitrogens with zero attached hydrogens (tertiary/aromatic N) is 3. The molecule has 9 nitrogen and oxygen atoms in total. The minimum Gasteiger partial charge on any atom is -0.463 e. The third-order valence-corrected chi connectivity index (χ3v) is 4.47. The Bertz CT molecular complexity index is 823.